The highest BCUT2D eigenvalue weighted by Crippen LogP contribution is 2.34. The van der Waals surface area contributed by atoms with Crippen molar-refractivity contribution in [1.82, 2.24) is 4.90 Å². The van der Waals surface area contributed by atoms with Crippen LogP contribution in [0.2, 0.25) is 0 Å². The van der Waals surface area contributed by atoms with Gasteiger partial charge in [-0.15, -0.1) is 11.8 Å². The van der Waals surface area contributed by atoms with Crippen molar-refractivity contribution in [3.05, 3.63) is 23.8 Å². The second-order valence-electron chi connectivity index (χ2n) is 7.41. The molecule has 0 radical (unpaired) electrons. The number of thioether (sulfide) groups is 1. The van der Waals surface area contributed by atoms with Crippen LogP contribution in [0.5, 0.6) is 0 Å². The number of aliphatic hydroxyl groups excluding tert-OH is 1. The monoisotopic (exact) mass is 336 g/mol. The highest BCUT2D eigenvalue weighted by molar-refractivity contribution is 8.00. The number of amides is 2. The van der Waals surface area contributed by atoms with Crippen molar-refractivity contribution >= 4 is 23.5 Å². The Bertz CT molecular complexity index is 565. The van der Waals surface area contributed by atoms with Gasteiger partial charge in [-0.2, -0.15) is 0 Å². The van der Waals surface area contributed by atoms with Crippen LogP contribution in [-0.2, 0) is 0 Å². The first-order valence-corrected chi connectivity index (χ1v) is 8.97. The van der Waals surface area contributed by atoms with Gasteiger partial charge in [0.1, 0.15) is 0 Å². The molecule has 1 fully saturated rings. The van der Waals surface area contributed by atoms with Crippen LogP contribution < -0.4 is 5.32 Å². The molecule has 0 aromatic heterocycles. The molecule has 0 bridgehead atoms. The van der Waals surface area contributed by atoms with Gasteiger partial charge in [0, 0.05) is 28.9 Å². The van der Waals surface area contributed by atoms with Gasteiger partial charge in [0.2, 0.25) is 0 Å². The summed E-state index contributed by atoms with van der Waals surface area (Å²) in [6.45, 7) is 8.93. The average Bonchev–Trinajstić information content (AvgIpc) is 3.24. The van der Waals surface area contributed by atoms with E-state index < -0.39 is 6.10 Å². The maximum atomic E-state index is 12.3. The fourth-order valence-electron chi connectivity index (χ4n) is 2.40. The fourth-order valence-corrected chi connectivity index (χ4v) is 3.48. The van der Waals surface area contributed by atoms with Crippen molar-refractivity contribution in [2.45, 2.75) is 56.3 Å². The Labute approximate surface area is 143 Å². The van der Waals surface area contributed by atoms with E-state index in [1.165, 1.54) is 4.90 Å². The molecular formula is C18H28N2O2S. The van der Waals surface area contributed by atoms with Gasteiger partial charge in [-0.1, -0.05) is 20.8 Å². The van der Waals surface area contributed by atoms with E-state index in [2.05, 4.69) is 32.2 Å². The Hall–Kier alpha value is -1.20. The van der Waals surface area contributed by atoms with Crippen LogP contribution in [0.4, 0.5) is 10.5 Å². The molecule has 23 heavy (non-hydrogen) atoms. The molecule has 2 N–H and O–H groups in total. The highest BCUT2D eigenvalue weighted by Gasteiger charge is 2.31. The summed E-state index contributed by atoms with van der Waals surface area (Å²) in [5.41, 5.74) is 1.87. The summed E-state index contributed by atoms with van der Waals surface area (Å²) in [5, 5.41) is 12.9. The molecule has 1 saturated carbocycles. The minimum absolute atomic E-state index is 0.163. The first kappa shape index (κ1) is 18.1. The van der Waals surface area contributed by atoms with E-state index in [1.54, 1.807) is 11.9 Å². The number of aliphatic hydroxyl groups is 1. The van der Waals surface area contributed by atoms with Gasteiger partial charge in [-0.3, -0.25) is 0 Å². The largest absolute Gasteiger partial charge is 0.391 e. The molecule has 1 aliphatic carbocycles. The van der Waals surface area contributed by atoms with Crippen LogP contribution in [0.3, 0.4) is 0 Å². The molecule has 1 aromatic carbocycles. The van der Waals surface area contributed by atoms with Crippen LogP contribution in [0, 0.1) is 12.8 Å². The molecule has 0 saturated heterocycles. The summed E-state index contributed by atoms with van der Waals surface area (Å²) < 4.78 is 0.163. The standard InChI is InChI=1S/C18H28N2O2S/c1-12-10-14(23-18(2,3)4)8-9-15(12)19-17(22)20(5)11-16(21)13-6-7-13/h8-10,13,16,21H,6-7,11H2,1-5H3,(H,19,22). The first-order valence-electron chi connectivity index (χ1n) is 8.15. The van der Waals surface area contributed by atoms with E-state index in [9.17, 15) is 9.90 Å². The number of nitrogens with one attached hydrogen (secondary N) is 1. The molecular weight excluding hydrogens is 308 g/mol. The maximum Gasteiger partial charge on any atom is 0.321 e. The van der Waals surface area contributed by atoms with Crippen LogP contribution in [0.1, 0.15) is 39.2 Å². The zero-order valence-corrected chi connectivity index (χ0v) is 15.5. The zero-order valence-electron chi connectivity index (χ0n) is 14.7. The summed E-state index contributed by atoms with van der Waals surface area (Å²) in [6, 6.07) is 5.92. The number of nitrogens with zero attached hydrogens (tertiary/aromatic N) is 1. The summed E-state index contributed by atoms with van der Waals surface area (Å²) >= 11 is 1.81. The van der Waals surface area contributed by atoms with E-state index >= 15 is 0 Å². The second-order valence-corrected chi connectivity index (χ2v) is 9.31. The number of likely N-dealkylation sites (N-methyl/N-ethyl adjacent to an activating group) is 1. The summed E-state index contributed by atoms with van der Waals surface area (Å²) in [7, 11) is 1.72. The Balaban J connectivity index is 1.94. The third kappa shape index (κ3) is 5.74. The maximum absolute atomic E-state index is 12.3. The Kier molecular flexibility index (Phi) is 5.63. The molecule has 0 spiro atoms. The van der Waals surface area contributed by atoms with Gasteiger partial charge in [0.05, 0.1) is 6.10 Å². The first-order chi connectivity index (χ1) is 10.7. The van der Waals surface area contributed by atoms with Gasteiger partial charge >= 0.3 is 6.03 Å². The third-order valence-electron chi connectivity index (χ3n) is 3.84. The van der Waals surface area contributed by atoms with Gasteiger partial charge in [0.25, 0.3) is 0 Å². The number of aryl methyl sites for hydroxylation is 1. The van der Waals surface area contributed by atoms with Gasteiger partial charge in [-0.05, 0) is 49.4 Å². The smallest absolute Gasteiger partial charge is 0.321 e. The number of rotatable bonds is 5. The number of urea groups is 1. The number of carbonyl (C=O) groups excluding carboxylic acids is 1. The van der Waals surface area contributed by atoms with Gasteiger partial charge < -0.3 is 15.3 Å². The van der Waals surface area contributed by atoms with Crippen LogP contribution in [0.15, 0.2) is 23.1 Å². The number of benzene rings is 1. The highest BCUT2D eigenvalue weighted by atomic mass is 32.2. The van der Waals surface area contributed by atoms with E-state index in [1.807, 2.05) is 30.8 Å². The Morgan fingerprint density at radius 1 is 1.43 bits per heavy atom. The van der Waals surface area contributed by atoms with Gasteiger partial charge in [-0.25, -0.2) is 4.79 Å². The second kappa shape index (κ2) is 7.14. The molecule has 1 atom stereocenters. The fraction of sp³-hybridized carbons (Fsp3) is 0.611. The normalized spacial score (nSPS) is 16.1. The van der Waals surface area contributed by atoms with Gasteiger partial charge in [0.15, 0.2) is 0 Å². The molecule has 1 unspecified atom stereocenters. The molecule has 5 heteroatoms. The van der Waals surface area contributed by atoms with Crippen molar-refractivity contribution in [2.24, 2.45) is 5.92 Å². The number of anilines is 1. The lowest BCUT2D eigenvalue weighted by molar-refractivity contribution is 0.117. The van der Waals surface area contributed by atoms with E-state index in [-0.39, 0.29) is 10.8 Å². The van der Waals surface area contributed by atoms with Crippen LogP contribution in [0.25, 0.3) is 0 Å². The van der Waals surface area contributed by atoms with Crippen molar-refractivity contribution < 1.29 is 9.90 Å². The molecule has 1 aliphatic rings. The quantitative estimate of drug-likeness (QED) is 0.795. The lowest BCUT2D eigenvalue weighted by Gasteiger charge is -2.22. The number of carbonyl (C=O) groups is 1. The zero-order chi connectivity index (χ0) is 17.2. The van der Waals surface area contributed by atoms with Crippen molar-refractivity contribution in [2.75, 3.05) is 18.9 Å². The van der Waals surface area contributed by atoms with E-state index in [4.69, 9.17) is 0 Å². The lowest BCUT2D eigenvalue weighted by atomic mass is 10.2. The molecule has 128 valence electrons. The average molecular weight is 337 g/mol. The Morgan fingerprint density at radius 2 is 2.09 bits per heavy atom. The number of hydrogen-bond donors (Lipinski definition) is 2. The summed E-state index contributed by atoms with van der Waals surface area (Å²) in [5.74, 6) is 0.376. The molecule has 4 nitrogen and oxygen atoms in total. The topological polar surface area (TPSA) is 52.6 Å². The molecule has 1 aromatic rings. The summed E-state index contributed by atoms with van der Waals surface area (Å²) in [4.78, 5) is 15.0. The van der Waals surface area contributed by atoms with Crippen molar-refractivity contribution in [3.63, 3.8) is 0 Å². The Morgan fingerprint density at radius 3 is 2.61 bits per heavy atom. The summed E-state index contributed by atoms with van der Waals surface area (Å²) in [6.07, 6.45) is 1.74. The van der Waals surface area contributed by atoms with Crippen molar-refractivity contribution in [1.29, 1.82) is 0 Å². The predicted molar refractivity (Wildman–Crippen MR) is 97.2 cm³/mol. The lowest BCUT2D eigenvalue weighted by Crippen LogP contribution is -2.38. The molecule has 0 heterocycles. The molecule has 2 amide bonds. The molecule has 2 rings (SSSR count). The minimum Gasteiger partial charge on any atom is -0.391 e. The minimum atomic E-state index is -0.405. The van der Waals surface area contributed by atoms with Crippen LogP contribution >= 0.6 is 11.8 Å². The predicted octanol–water partition coefficient (Wildman–Crippen LogP) is 4.12. The van der Waals surface area contributed by atoms with Crippen LogP contribution in [-0.4, -0.2) is 40.5 Å². The number of hydrogen-bond acceptors (Lipinski definition) is 3. The van der Waals surface area contributed by atoms with E-state index in [0.717, 1.165) is 24.1 Å². The molecule has 0 aliphatic heterocycles. The third-order valence-corrected chi connectivity index (χ3v) is 4.94. The SMILES string of the molecule is Cc1cc(SC(C)(C)C)ccc1NC(=O)N(C)CC(O)C1CC1. The van der Waals surface area contributed by atoms with E-state index in [0.29, 0.717) is 12.5 Å². The van der Waals surface area contributed by atoms with Crippen molar-refractivity contribution in [3.8, 4) is 0 Å².